The van der Waals surface area contributed by atoms with E-state index in [9.17, 15) is 19.2 Å². The largest absolute Gasteiger partial charge is 0.284 e. The summed E-state index contributed by atoms with van der Waals surface area (Å²) in [6.45, 7) is 0. The Morgan fingerprint density at radius 1 is 0.567 bits per heavy atom. The topological polar surface area (TPSA) is 132 Å². The number of nitrogens with zero attached hydrogens (tertiary/aromatic N) is 4. The van der Waals surface area contributed by atoms with E-state index in [0.29, 0.717) is 22.1 Å². The fourth-order valence-corrected chi connectivity index (χ4v) is 4.08. The van der Waals surface area contributed by atoms with E-state index in [1.807, 2.05) is 0 Å². The minimum Gasteiger partial charge on any atom is -0.284 e. The fraction of sp³-hybridized carbons (Fsp3) is 0. The molecule has 2 N–H and O–H groups in total. The maximum absolute atomic E-state index is 13.1. The number of anilines is 2. The minimum atomic E-state index is -0.547. The van der Waals surface area contributed by atoms with Gasteiger partial charge in [-0.05, 0) is 24.3 Å². The van der Waals surface area contributed by atoms with Gasteiger partial charge in [-0.2, -0.15) is 10.2 Å². The van der Waals surface area contributed by atoms with Gasteiger partial charge < -0.3 is 0 Å². The number of imide groups is 2. The third kappa shape index (κ3) is 1.86. The summed E-state index contributed by atoms with van der Waals surface area (Å²) >= 11 is 0. The van der Waals surface area contributed by atoms with Crippen molar-refractivity contribution in [1.29, 1.82) is 0 Å². The van der Waals surface area contributed by atoms with Gasteiger partial charge in [0, 0.05) is 45.4 Å². The SMILES string of the molecule is O=C1c2ccc3c4c(ccc(c24)C(=O)N1c1cn[nH]c1)C(=O)N(c1cn[nH]c1)C3=O. The van der Waals surface area contributed by atoms with Crippen LogP contribution in [0.3, 0.4) is 0 Å². The predicted octanol–water partition coefficient (Wildman–Crippen LogP) is 1.89. The van der Waals surface area contributed by atoms with E-state index in [1.54, 1.807) is 0 Å². The molecule has 6 rings (SSSR count). The number of hydrogen-bond donors (Lipinski definition) is 2. The number of nitrogens with one attached hydrogen (secondary N) is 2. The van der Waals surface area contributed by atoms with Gasteiger partial charge in [-0.25, -0.2) is 9.80 Å². The quantitative estimate of drug-likeness (QED) is 0.496. The summed E-state index contributed by atoms with van der Waals surface area (Å²) < 4.78 is 0. The molecule has 0 saturated heterocycles. The highest BCUT2D eigenvalue weighted by atomic mass is 16.2. The van der Waals surface area contributed by atoms with Crippen molar-refractivity contribution in [3.8, 4) is 0 Å². The number of carbonyl (C=O) groups excluding carboxylic acids is 4. The van der Waals surface area contributed by atoms with Gasteiger partial charge in [0.2, 0.25) is 0 Å². The van der Waals surface area contributed by atoms with Crippen molar-refractivity contribution in [3.63, 3.8) is 0 Å². The van der Waals surface area contributed by atoms with Crippen molar-refractivity contribution in [2.75, 3.05) is 9.80 Å². The molecule has 0 spiro atoms. The molecule has 2 aromatic heterocycles. The van der Waals surface area contributed by atoms with E-state index < -0.39 is 23.6 Å². The average Bonchev–Trinajstić information content (AvgIpc) is 3.45. The Bertz CT molecular complexity index is 1240. The molecule has 0 bridgehead atoms. The Morgan fingerprint density at radius 2 is 0.900 bits per heavy atom. The second-order valence-electron chi connectivity index (χ2n) is 6.88. The van der Waals surface area contributed by atoms with Crippen LogP contribution in [0, 0.1) is 0 Å². The zero-order chi connectivity index (χ0) is 20.6. The zero-order valence-electron chi connectivity index (χ0n) is 15.0. The average molecular weight is 398 g/mol. The highest BCUT2D eigenvalue weighted by Gasteiger charge is 2.40. The smallest absolute Gasteiger partial charge is 0.266 e. The Morgan fingerprint density at radius 3 is 1.17 bits per heavy atom. The molecule has 0 aliphatic carbocycles. The lowest BCUT2D eigenvalue weighted by Crippen LogP contribution is -2.43. The standard InChI is InChI=1S/C20H10N6O4/c27-17-11-1-2-12-16-14(20(30)26(18(12)28)10-7-23-24-8-10)4-3-13(15(11)16)19(29)25(17)9-5-21-22-6-9/h1-8H,(H,21,22)(H,23,24). The first-order valence-electron chi connectivity index (χ1n) is 8.93. The highest BCUT2D eigenvalue weighted by Crippen LogP contribution is 2.39. The molecule has 0 unspecified atom stereocenters. The van der Waals surface area contributed by atoms with E-state index in [1.165, 1.54) is 49.1 Å². The third-order valence-corrected chi connectivity index (χ3v) is 5.38. The van der Waals surface area contributed by atoms with Crippen molar-refractivity contribution in [2.24, 2.45) is 0 Å². The van der Waals surface area contributed by atoms with Crippen LogP contribution in [0.1, 0.15) is 41.4 Å². The number of aromatic nitrogens is 4. The van der Waals surface area contributed by atoms with Gasteiger partial charge in [0.1, 0.15) is 0 Å². The van der Waals surface area contributed by atoms with Crippen LogP contribution in [-0.2, 0) is 0 Å². The first kappa shape index (κ1) is 16.4. The van der Waals surface area contributed by atoms with Crippen molar-refractivity contribution < 1.29 is 19.2 Å². The van der Waals surface area contributed by atoms with Gasteiger partial charge in [0.05, 0.1) is 23.8 Å². The van der Waals surface area contributed by atoms with Crippen LogP contribution in [0.4, 0.5) is 11.4 Å². The molecule has 4 amide bonds. The van der Waals surface area contributed by atoms with Crippen LogP contribution in [0.15, 0.2) is 49.1 Å². The van der Waals surface area contributed by atoms with E-state index in [4.69, 9.17) is 0 Å². The van der Waals surface area contributed by atoms with Crippen molar-refractivity contribution in [2.45, 2.75) is 0 Å². The van der Waals surface area contributed by atoms with Crippen LogP contribution < -0.4 is 9.80 Å². The molecule has 0 radical (unpaired) electrons. The number of hydrogen-bond acceptors (Lipinski definition) is 6. The summed E-state index contributed by atoms with van der Waals surface area (Å²) in [6, 6.07) is 6.03. The molecule has 2 aliphatic heterocycles. The molecule has 10 heteroatoms. The normalized spacial score (nSPS) is 15.5. The zero-order valence-corrected chi connectivity index (χ0v) is 15.0. The summed E-state index contributed by atoms with van der Waals surface area (Å²) in [4.78, 5) is 54.5. The van der Waals surface area contributed by atoms with Gasteiger partial charge in [-0.1, -0.05) is 0 Å². The first-order chi connectivity index (χ1) is 14.6. The Kier molecular flexibility index (Phi) is 2.99. The molecule has 144 valence electrons. The Hall–Kier alpha value is -4.60. The summed E-state index contributed by atoms with van der Waals surface area (Å²) in [7, 11) is 0. The highest BCUT2D eigenvalue weighted by molar-refractivity contribution is 6.42. The summed E-state index contributed by atoms with van der Waals surface area (Å²) in [5.74, 6) is -2.19. The first-order valence-corrected chi connectivity index (χ1v) is 8.93. The molecular formula is C20H10N6O4. The summed E-state index contributed by atoms with van der Waals surface area (Å²) in [6.07, 6.45) is 5.64. The van der Waals surface area contributed by atoms with Crippen LogP contribution in [0.2, 0.25) is 0 Å². The van der Waals surface area contributed by atoms with Gasteiger partial charge in [-0.15, -0.1) is 0 Å². The molecule has 0 saturated carbocycles. The summed E-state index contributed by atoms with van der Waals surface area (Å²) in [5, 5.41) is 13.4. The molecule has 2 aromatic carbocycles. The van der Waals surface area contributed by atoms with Gasteiger partial charge in [0.25, 0.3) is 23.6 Å². The van der Waals surface area contributed by atoms with Crippen LogP contribution >= 0.6 is 0 Å². The molecule has 10 nitrogen and oxygen atoms in total. The number of rotatable bonds is 2. The lowest BCUT2D eigenvalue weighted by atomic mass is 9.86. The Balaban J connectivity index is 1.63. The second-order valence-corrected chi connectivity index (χ2v) is 6.88. The molecule has 4 aromatic rings. The van der Waals surface area contributed by atoms with Crippen LogP contribution in [0.25, 0.3) is 10.8 Å². The number of amides is 4. The van der Waals surface area contributed by atoms with Crippen LogP contribution in [-0.4, -0.2) is 44.0 Å². The molecule has 30 heavy (non-hydrogen) atoms. The maximum Gasteiger partial charge on any atom is 0.266 e. The Labute approximate surface area is 167 Å². The predicted molar refractivity (Wildman–Crippen MR) is 103 cm³/mol. The van der Waals surface area contributed by atoms with Gasteiger partial charge in [-0.3, -0.25) is 29.4 Å². The minimum absolute atomic E-state index is 0.240. The number of carbonyl (C=O) groups is 4. The number of benzene rings is 2. The fourth-order valence-electron chi connectivity index (χ4n) is 4.08. The number of aromatic amines is 2. The van der Waals surface area contributed by atoms with Crippen molar-refractivity contribution >= 4 is 45.8 Å². The van der Waals surface area contributed by atoms with Crippen LogP contribution in [0.5, 0.6) is 0 Å². The lowest BCUT2D eigenvalue weighted by molar-refractivity contribution is 0.0873. The van der Waals surface area contributed by atoms with E-state index >= 15 is 0 Å². The van der Waals surface area contributed by atoms with Crippen molar-refractivity contribution in [1.82, 2.24) is 20.4 Å². The van der Waals surface area contributed by atoms with E-state index in [0.717, 1.165) is 9.80 Å². The maximum atomic E-state index is 13.1. The lowest BCUT2D eigenvalue weighted by Gasteiger charge is -2.30. The molecule has 4 heterocycles. The number of H-pyrrole nitrogens is 2. The summed E-state index contributed by atoms with van der Waals surface area (Å²) in [5.41, 5.74) is 1.57. The van der Waals surface area contributed by atoms with E-state index in [-0.39, 0.29) is 22.3 Å². The molecule has 2 aliphatic rings. The van der Waals surface area contributed by atoms with Gasteiger partial charge in [0.15, 0.2) is 0 Å². The molecular weight excluding hydrogens is 388 g/mol. The van der Waals surface area contributed by atoms with Crippen molar-refractivity contribution in [3.05, 3.63) is 71.3 Å². The van der Waals surface area contributed by atoms with Gasteiger partial charge >= 0.3 is 0 Å². The second kappa shape index (κ2) is 5.47. The third-order valence-electron chi connectivity index (χ3n) is 5.38. The van der Waals surface area contributed by atoms with E-state index in [2.05, 4.69) is 20.4 Å². The molecule has 0 fully saturated rings. The monoisotopic (exact) mass is 398 g/mol. The molecule has 0 atom stereocenters.